The number of allylic oxidation sites excluding steroid dienone is 1. The van der Waals surface area contributed by atoms with Gasteiger partial charge >= 0.3 is 11.9 Å². The Morgan fingerprint density at radius 3 is 1.84 bits per heavy atom. The number of carbonyl (C=O) groups excluding carboxylic acids is 4. The van der Waals surface area contributed by atoms with E-state index in [1.807, 2.05) is 25.1 Å². The summed E-state index contributed by atoms with van der Waals surface area (Å²) in [4.78, 5) is 53.7. The van der Waals surface area contributed by atoms with Crippen LogP contribution in [0.5, 0.6) is 23.0 Å². The van der Waals surface area contributed by atoms with Crippen LogP contribution in [0.2, 0.25) is 0 Å². The third-order valence-corrected chi connectivity index (χ3v) is 8.56. The third kappa shape index (κ3) is 8.81. The van der Waals surface area contributed by atoms with Crippen molar-refractivity contribution in [3.8, 4) is 23.0 Å². The van der Waals surface area contributed by atoms with Gasteiger partial charge in [0, 0.05) is 28.9 Å². The van der Waals surface area contributed by atoms with Gasteiger partial charge in [-0.2, -0.15) is 0 Å². The first kappa shape index (κ1) is 34.6. The van der Waals surface area contributed by atoms with Crippen molar-refractivity contribution in [2.45, 2.75) is 32.6 Å². The number of hydrogen-bond donors (Lipinski definition) is 0. The van der Waals surface area contributed by atoms with E-state index in [1.54, 1.807) is 96.9 Å². The quantitative estimate of drug-likeness (QED) is 0.0662. The van der Waals surface area contributed by atoms with Crippen LogP contribution in [-0.2, 0) is 9.59 Å². The number of ether oxygens (including phenoxy) is 4. The molecule has 0 N–H and O–H groups in total. The molecule has 0 radical (unpaired) electrons. The molecule has 9 heteroatoms. The third-order valence-electron chi connectivity index (χ3n) is 8.56. The molecule has 0 bridgehead atoms. The molecule has 0 atom stereocenters. The summed E-state index contributed by atoms with van der Waals surface area (Å²) in [5, 5.41) is 0. The number of amides is 1. The van der Waals surface area contributed by atoms with Crippen LogP contribution >= 0.6 is 0 Å². The Labute approximate surface area is 286 Å². The van der Waals surface area contributed by atoms with E-state index >= 15 is 0 Å². The smallest absolute Gasteiger partial charge is 0.314 e. The van der Waals surface area contributed by atoms with Gasteiger partial charge in [0.2, 0.25) is 0 Å². The van der Waals surface area contributed by atoms with Crippen LogP contribution < -0.4 is 23.8 Å². The van der Waals surface area contributed by atoms with E-state index in [0.29, 0.717) is 71.9 Å². The number of rotatable bonds is 12. The lowest BCUT2D eigenvalue weighted by molar-refractivity contribution is -0.145. The molecule has 0 unspecified atom stereocenters. The van der Waals surface area contributed by atoms with Crippen LogP contribution in [0.4, 0.5) is 5.69 Å². The van der Waals surface area contributed by atoms with Gasteiger partial charge in [-0.05, 0) is 111 Å². The minimum absolute atomic E-state index is 0.172. The summed E-state index contributed by atoms with van der Waals surface area (Å²) in [7, 11) is 3.13. The Balaban J connectivity index is 1.14. The van der Waals surface area contributed by atoms with Gasteiger partial charge in [-0.1, -0.05) is 30.3 Å². The van der Waals surface area contributed by atoms with Crippen LogP contribution in [0.15, 0.2) is 103 Å². The minimum atomic E-state index is -0.392. The van der Waals surface area contributed by atoms with Crippen molar-refractivity contribution in [1.82, 2.24) is 0 Å². The van der Waals surface area contributed by atoms with E-state index in [1.165, 1.54) is 13.2 Å². The SMILES string of the molecule is CCN(C(=O)c1ccc(OC(=O)C2CCC(C(=O)Oc3ccc(OC)cc3/C=C/C(=O)c3ccccc3)CC2)cc1)c1ccc(OC)cc1. The Kier molecular flexibility index (Phi) is 11.6. The molecule has 4 aromatic rings. The minimum Gasteiger partial charge on any atom is -0.497 e. The van der Waals surface area contributed by atoms with Gasteiger partial charge < -0.3 is 23.8 Å². The zero-order valence-corrected chi connectivity index (χ0v) is 27.8. The monoisotopic (exact) mass is 661 g/mol. The molecule has 9 nitrogen and oxygen atoms in total. The fourth-order valence-corrected chi connectivity index (χ4v) is 5.72. The van der Waals surface area contributed by atoms with E-state index < -0.39 is 5.97 Å². The first-order valence-electron chi connectivity index (χ1n) is 16.2. The van der Waals surface area contributed by atoms with E-state index in [9.17, 15) is 19.2 Å². The van der Waals surface area contributed by atoms with E-state index in [2.05, 4.69) is 0 Å². The molecular formula is C40H39NO8. The van der Waals surface area contributed by atoms with Gasteiger partial charge in [0.1, 0.15) is 23.0 Å². The summed E-state index contributed by atoms with van der Waals surface area (Å²) >= 11 is 0. The Morgan fingerprint density at radius 2 is 1.24 bits per heavy atom. The van der Waals surface area contributed by atoms with Crippen molar-refractivity contribution in [2.75, 3.05) is 25.7 Å². The average Bonchev–Trinajstić information content (AvgIpc) is 3.15. The first-order chi connectivity index (χ1) is 23.8. The topological polar surface area (TPSA) is 108 Å². The molecule has 1 amide bonds. The Bertz CT molecular complexity index is 1790. The molecule has 252 valence electrons. The number of ketones is 1. The van der Waals surface area contributed by atoms with Crippen LogP contribution in [0, 0.1) is 11.8 Å². The molecule has 1 aliphatic rings. The van der Waals surface area contributed by atoms with E-state index in [-0.39, 0.29) is 29.5 Å². The number of carbonyl (C=O) groups is 4. The summed E-state index contributed by atoms with van der Waals surface area (Å²) < 4.78 is 22.0. The number of nitrogens with zero attached hydrogens (tertiary/aromatic N) is 1. The summed E-state index contributed by atoms with van der Waals surface area (Å²) in [5.41, 5.74) is 2.30. The van der Waals surface area contributed by atoms with Crippen molar-refractivity contribution in [3.05, 3.63) is 120 Å². The van der Waals surface area contributed by atoms with Crippen LogP contribution in [0.3, 0.4) is 0 Å². The van der Waals surface area contributed by atoms with Crippen molar-refractivity contribution >= 4 is 35.4 Å². The molecule has 1 aliphatic carbocycles. The zero-order valence-electron chi connectivity index (χ0n) is 27.8. The number of hydrogen-bond acceptors (Lipinski definition) is 8. The molecule has 0 spiro atoms. The Morgan fingerprint density at radius 1 is 0.673 bits per heavy atom. The van der Waals surface area contributed by atoms with Gasteiger partial charge in [-0.25, -0.2) is 0 Å². The molecule has 0 saturated heterocycles. The Hall–Kier alpha value is -5.70. The molecule has 1 saturated carbocycles. The number of benzene rings is 4. The van der Waals surface area contributed by atoms with Crippen LogP contribution in [0.1, 0.15) is 58.9 Å². The van der Waals surface area contributed by atoms with Crippen LogP contribution in [0.25, 0.3) is 6.08 Å². The summed E-state index contributed by atoms with van der Waals surface area (Å²) in [6, 6.07) is 27.7. The molecular weight excluding hydrogens is 622 g/mol. The maximum atomic E-state index is 13.2. The highest BCUT2D eigenvalue weighted by molar-refractivity contribution is 6.07. The lowest BCUT2D eigenvalue weighted by Gasteiger charge is -2.26. The molecule has 5 rings (SSSR count). The van der Waals surface area contributed by atoms with Crippen molar-refractivity contribution < 1.29 is 38.1 Å². The first-order valence-corrected chi connectivity index (χ1v) is 16.2. The van der Waals surface area contributed by atoms with Gasteiger partial charge in [-0.3, -0.25) is 19.2 Å². The number of anilines is 1. The summed E-state index contributed by atoms with van der Waals surface area (Å²) in [6.45, 7) is 2.38. The highest BCUT2D eigenvalue weighted by Gasteiger charge is 2.32. The zero-order chi connectivity index (χ0) is 34.8. The summed E-state index contributed by atoms with van der Waals surface area (Å²) in [6.07, 6.45) is 4.94. The van der Waals surface area contributed by atoms with Gasteiger partial charge in [0.25, 0.3) is 5.91 Å². The van der Waals surface area contributed by atoms with Crippen molar-refractivity contribution in [3.63, 3.8) is 0 Å². The highest BCUT2D eigenvalue weighted by atomic mass is 16.5. The highest BCUT2D eigenvalue weighted by Crippen LogP contribution is 2.33. The average molecular weight is 662 g/mol. The van der Waals surface area contributed by atoms with E-state index in [0.717, 1.165) is 5.69 Å². The maximum absolute atomic E-state index is 13.2. The molecule has 0 aromatic heterocycles. The largest absolute Gasteiger partial charge is 0.497 e. The van der Waals surface area contributed by atoms with Gasteiger partial charge in [-0.15, -0.1) is 0 Å². The normalized spacial score (nSPS) is 15.7. The van der Waals surface area contributed by atoms with E-state index in [4.69, 9.17) is 18.9 Å². The van der Waals surface area contributed by atoms with Gasteiger partial charge in [0.15, 0.2) is 5.78 Å². The van der Waals surface area contributed by atoms with Crippen LogP contribution in [-0.4, -0.2) is 44.4 Å². The second-order valence-corrected chi connectivity index (χ2v) is 11.6. The van der Waals surface area contributed by atoms with Crippen molar-refractivity contribution in [2.24, 2.45) is 11.8 Å². The second-order valence-electron chi connectivity index (χ2n) is 11.6. The van der Waals surface area contributed by atoms with Crippen molar-refractivity contribution in [1.29, 1.82) is 0 Å². The molecule has 4 aromatic carbocycles. The lowest BCUT2D eigenvalue weighted by Crippen LogP contribution is -2.31. The predicted octanol–water partition coefficient (Wildman–Crippen LogP) is 7.58. The fraction of sp³-hybridized carbons (Fsp3) is 0.250. The standard InChI is InChI=1S/C40H39NO8/c1-4-41(32-17-21-33(46-2)22-18-32)38(43)28-14-19-34(20-15-28)48-39(44)29-10-12-30(13-11-29)40(45)49-37-25-23-35(47-3)26-31(37)16-24-36(42)27-8-6-5-7-9-27/h5-9,14-26,29-30H,4,10-13H2,1-3H3/b24-16+. The molecule has 0 aliphatic heterocycles. The molecule has 1 fully saturated rings. The second kappa shape index (κ2) is 16.4. The fourth-order valence-electron chi connectivity index (χ4n) is 5.72. The summed E-state index contributed by atoms with van der Waals surface area (Å²) in [5.74, 6) is 0.0737. The molecule has 49 heavy (non-hydrogen) atoms. The predicted molar refractivity (Wildman–Crippen MR) is 186 cm³/mol. The number of esters is 2. The van der Waals surface area contributed by atoms with Gasteiger partial charge in [0.05, 0.1) is 26.1 Å². The maximum Gasteiger partial charge on any atom is 0.314 e. The lowest BCUT2D eigenvalue weighted by atomic mass is 9.82. The molecule has 0 heterocycles. The number of methoxy groups -OCH3 is 2.